The van der Waals surface area contributed by atoms with Crippen LogP contribution >= 0.6 is 11.3 Å². The number of aryl methyl sites for hydroxylation is 1. The molecular weight excluding hydrogens is 280 g/mol. The first-order valence-electron chi connectivity index (χ1n) is 6.62. The molecule has 1 aromatic rings. The van der Waals surface area contributed by atoms with Gasteiger partial charge in [-0.25, -0.2) is 4.79 Å². The highest BCUT2D eigenvalue weighted by molar-refractivity contribution is 7.07. The standard InChI is InChI=1S/C13H20N2O4S/c1-3-5-10(12(17)18)14-11(16)6-4-7-15-9(2)8-20-13(15)19/h8,10H,3-7H2,1-2H3,(H,14,16)(H,17,18)/t10-/m0/s1. The Balaban J connectivity index is 2.40. The van der Waals surface area contributed by atoms with Gasteiger partial charge in [0.15, 0.2) is 0 Å². The van der Waals surface area contributed by atoms with Crippen molar-refractivity contribution in [1.82, 2.24) is 9.88 Å². The highest BCUT2D eigenvalue weighted by Gasteiger charge is 2.18. The molecule has 0 saturated heterocycles. The van der Waals surface area contributed by atoms with Gasteiger partial charge in [-0.15, -0.1) is 0 Å². The van der Waals surface area contributed by atoms with Crippen molar-refractivity contribution in [3.63, 3.8) is 0 Å². The van der Waals surface area contributed by atoms with Crippen molar-refractivity contribution in [3.05, 3.63) is 20.7 Å². The number of carboxylic acids is 1. The van der Waals surface area contributed by atoms with Gasteiger partial charge in [-0.1, -0.05) is 24.7 Å². The van der Waals surface area contributed by atoms with E-state index in [0.717, 1.165) is 17.0 Å². The van der Waals surface area contributed by atoms with Crippen molar-refractivity contribution >= 4 is 23.2 Å². The number of hydrogen-bond donors (Lipinski definition) is 2. The third-order valence-corrected chi connectivity index (χ3v) is 3.85. The Hall–Kier alpha value is -1.63. The number of aromatic nitrogens is 1. The molecule has 0 saturated carbocycles. The van der Waals surface area contributed by atoms with Crippen LogP contribution in [-0.4, -0.2) is 27.6 Å². The van der Waals surface area contributed by atoms with Gasteiger partial charge < -0.3 is 15.0 Å². The van der Waals surface area contributed by atoms with E-state index in [-0.39, 0.29) is 17.2 Å². The molecule has 1 amide bonds. The number of carbonyl (C=O) groups is 2. The lowest BCUT2D eigenvalue weighted by Gasteiger charge is -2.13. The quantitative estimate of drug-likeness (QED) is 0.759. The lowest BCUT2D eigenvalue weighted by molar-refractivity contribution is -0.142. The van der Waals surface area contributed by atoms with Crippen molar-refractivity contribution in [2.75, 3.05) is 0 Å². The molecule has 0 aromatic carbocycles. The van der Waals surface area contributed by atoms with Crippen LogP contribution in [0.4, 0.5) is 0 Å². The van der Waals surface area contributed by atoms with Crippen LogP contribution in [0, 0.1) is 6.92 Å². The van der Waals surface area contributed by atoms with E-state index in [2.05, 4.69) is 5.32 Å². The van der Waals surface area contributed by atoms with E-state index >= 15 is 0 Å². The lowest BCUT2D eigenvalue weighted by atomic mass is 10.1. The van der Waals surface area contributed by atoms with E-state index in [1.54, 1.807) is 9.95 Å². The van der Waals surface area contributed by atoms with E-state index in [4.69, 9.17) is 5.11 Å². The minimum absolute atomic E-state index is 0.0303. The van der Waals surface area contributed by atoms with Gasteiger partial charge in [-0.2, -0.15) is 0 Å². The summed E-state index contributed by atoms with van der Waals surface area (Å²) in [7, 11) is 0. The molecule has 0 aliphatic rings. The van der Waals surface area contributed by atoms with Crippen molar-refractivity contribution in [3.8, 4) is 0 Å². The second kappa shape index (κ2) is 7.84. The SMILES string of the molecule is CCC[C@H](NC(=O)CCCn1c(C)csc1=O)C(=O)O. The Morgan fingerprint density at radius 2 is 2.20 bits per heavy atom. The average molecular weight is 300 g/mol. The summed E-state index contributed by atoms with van der Waals surface area (Å²) in [4.78, 5) is 34.0. The number of rotatable bonds is 8. The van der Waals surface area contributed by atoms with Gasteiger partial charge in [0.05, 0.1) is 0 Å². The largest absolute Gasteiger partial charge is 0.480 e. The maximum absolute atomic E-state index is 11.7. The monoisotopic (exact) mass is 300 g/mol. The smallest absolute Gasteiger partial charge is 0.326 e. The van der Waals surface area contributed by atoms with Gasteiger partial charge in [-0.05, 0) is 19.8 Å². The van der Waals surface area contributed by atoms with Crippen molar-refractivity contribution in [2.24, 2.45) is 0 Å². The van der Waals surface area contributed by atoms with Gasteiger partial charge in [0.25, 0.3) is 0 Å². The summed E-state index contributed by atoms with van der Waals surface area (Å²) >= 11 is 1.14. The van der Waals surface area contributed by atoms with E-state index in [1.807, 2.05) is 13.8 Å². The second-order valence-electron chi connectivity index (χ2n) is 4.65. The molecule has 0 spiro atoms. The molecule has 2 N–H and O–H groups in total. The van der Waals surface area contributed by atoms with Crippen LogP contribution < -0.4 is 10.2 Å². The third kappa shape index (κ3) is 4.80. The molecule has 0 bridgehead atoms. The fourth-order valence-corrected chi connectivity index (χ4v) is 2.65. The summed E-state index contributed by atoms with van der Waals surface area (Å²) in [6, 6.07) is -0.821. The molecule has 1 aromatic heterocycles. The predicted octanol–water partition coefficient (Wildman–Crippen LogP) is 1.37. The Kier molecular flexibility index (Phi) is 6.44. The van der Waals surface area contributed by atoms with Crippen LogP contribution in [-0.2, 0) is 16.1 Å². The van der Waals surface area contributed by atoms with Crippen LogP contribution in [0.15, 0.2) is 10.2 Å². The predicted molar refractivity (Wildman–Crippen MR) is 77.0 cm³/mol. The normalized spacial score (nSPS) is 12.1. The topological polar surface area (TPSA) is 88.4 Å². The first kappa shape index (κ1) is 16.4. The number of carbonyl (C=O) groups excluding carboxylic acids is 1. The maximum atomic E-state index is 11.7. The van der Waals surface area contributed by atoms with Gasteiger partial charge in [-0.3, -0.25) is 9.59 Å². The molecule has 6 nitrogen and oxygen atoms in total. The van der Waals surface area contributed by atoms with Gasteiger partial charge in [0, 0.05) is 24.0 Å². The molecule has 1 atom stereocenters. The molecule has 1 rings (SSSR count). The summed E-state index contributed by atoms with van der Waals surface area (Å²) < 4.78 is 1.62. The Morgan fingerprint density at radius 1 is 1.50 bits per heavy atom. The highest BCUT2D eigenvalue weighted by atomic mass is 32.1. The first-order chi connectivity index (χ1) is 9.45. The number of nitrogens with zero attached hydrogens (tertiary/aromatic N) is 1. The maximum Gasteiger partial charge on any atom is 0.326 e. The Morgan fingerprint density at radius 3 is 2.70 bits per heavy atom. The minimum Gasteiger partial charge on any atom is -0.480 e. The van der Waals surface area contributed by atoms with E-state index in [1.165, 1.54) is 0 Å². The molecule has 0 aliphatic carbocycles. The van der Waals surface area contributed by atoms with Gasteiger partial charge in [0.2, 0.25) is 5.91 Å². The van der Waals surface area contributed by atoms with Crippen LogP contribution in [0.25, 0.3) is 0 Å². The molecule has 0 unspecified atom stereocenters. The zero-order chi connectivity index (χ0) is 15.1. The van der Waals surface area contributed by atoms with Crippen molar-refractivity contribution in [1.29, 1.82) is 0 Å². The molecule has 7 heteroatoms. The Labute approximate surface area is 121 Å². The van der Waals surface area contributed by atoms with Crippen molar-refractivity contribution < 1.29 is 14.7 Å². The molecule has 20 heavy (non-hydrogen) atoms. The molecule has 0 radical (unpaired) electrons. The van der Waals surface area contributed by atoms with E-state index in [0.29, 0.717) is 25.8 Å². The van der Waals surface area contributed by atoms with Crippen LogP contribution in [0.1, 0.15) is 38.3 Å². The summed E-state index contributed by atoms with van der Waals surface area (Å²) in [5, 5.41) is 13.2. The number of hydrogen-bond acceptors (Lipinski definition) is 4. The molecule has 0 aliphatic heterocycles. The second-order valence-corrected chi connectivity index (χ2v) is 5.47. The summed E-state index contributed by atoms with van der Waals surface area (Å²) in [6.45, 7) is 4.20. The highest BCUT2D eigenvalue weighted by Crippen LogP contribution is 2.03. The van der Waals surface area contributed by atoms with E-state index in [9.17, 15) is 14.4 Å². The third-order valence-electron chi connectivity index (χ3n) is 2.97. The fourth-order valence-electron chi connectivity index (χ4n) is 1.88. The first-order valence-corrected chi connectivity index (χ1v) is 7.50. The molecule has 0 fully saturated rings. The fraction of sp³-hybridized carbons (Fsp3) is 0.615. The number of carboxylic acid groups (broad SMARTS) is 1. The van der Waals surface area contributed by atoms with Crippen LogP contribution in [0.5, 0.6) is 0 Å². The molecular formula is C13H20N2O4S. The average Bonchev–Trinajstić information content (AvgIpc) is 2.69. The number of aliphatic carboxylic acids is 1. The number of nitrogens with one attached hydrogen (secondary N) is 1. The Bertz CT molecular complexity index is 521. The van der Waals surface area contributed by atoms with Gasteiger partial charge >= 0.3 is 10.8 Å². The molecule has 112 valence electrons. The van der Waals surface area contributed by atoms with Gasteiger partial charge in [0.1, 0.15) is 6.04 Å². The molecule has 1 heterocycles. The van der Waals surface area contributed by atoms with Crippen LogP contribution in [0.2, 0.25) is 0 Å². The zero-order valence-corrected chi connectivity index (χ0v) is 12.5. The minimum atomic E-state index is -1.01. The number of amides is 1. The zero-order valence-electron chi connectivity index (χ0n) is 11.7. The summed E-state index contributed by atoms with van der Waals surface area (Å²) in [6.07, 6.45) is 1.85. The lowest BCUT2D eigenvalue weighted by Crippen LogP contribution is -2.40. The van der Waals surface area contributed by atoms with E-state index < -0.39 is 12.0 Å². The van der Waals surface area contributed by atoms with Crippen LogP contribution in [0.3, 0.4) is 0 Å². The number of thiazole rings is 1. The van der Waals surface area contributed by atoms with Crippen molar-refractivity contribution in [2.45, 2.75) is 52.1 Å². The summed E-state index contributed by atoms with van der Waals surface area (Å²) in [5.41, 5.74) is 0.884. The summed E-state index contributed by atoms with van der Waals surface area (Å²) in [5.74, 6) is -1.29.